The molecule has 0 bridgehead atoms. The molecule has 1 N–H and O–H groups in total. The molecule has 1 rings (SSSR count). The number of rotatable bonds is 3. The molecule has 0 saturated carbocycles. The summed E-state index contributed by atoms with van der Waals surface area (Å²) in [5.74, 6) is 0.934. The molecule has 0 aromatic rings. The number of carbonyl (C=O) groups excluding carboxylic acids is 2. The Kier molecular flexibility index (Phi) is 5.27. The highest BCUT2D eigenvalue weighted by atomic mass is 32.2. The molecule has 0 radical (unpaired) electrons. The van der Waals surface area contributed by atoms with Gasteiger partial charge in [0.05, 0.1) is 0 Å². The zero-order chi connectivity index (χ0) is 12.1. The summed E-state index contributed by atoms with van der Waals surface area (Å²) >= 11 is 4.04. The average molecular weight is 264 g/mol. The molecule has 0 aromatic heterocycles. The first kappa shape index (κ1) is 13.5. The van der Waals surface area contributed by atoms with E-state index in [1.807, 2.05) is 0 Å². The van der Waals surface area contributed by atoms with E-state index in [1.165, 1.54) is 6.92 Å². The quantitative estimate of drug-likeness (QED) is 0.643. The van der Waals surface area contributed by atoms with E-state index in [4.69, 9.17) is 0 Å². The summed E-state index contributed by atoms with van der Waals surface area (Å²) in [4.78, 5) is 24.5. The fraction of sp³-hybridized carbons (Fsp3) is 0.778. The van der Waals surface area contributed by atoms with Gasteiger partial charge in [-0.3, -0.25) is 13.8 Å². The van der Waals surface area contributed by atoms with E-state index < -0.39 is 16.8 Å². The summed E-state index contributed by atoms with van der Waals surface area (Å²) < 4.78 is 11.1. The second-order valence-electron chi connectivity index (χ2n) is 3.61. The summed E-state index contributed by atoms with van der Waals surface area (Å²) in [6, 6.07) is -0.577. The zero-order valence-electron chi connectivity index (χ0n) is 9.14. The van der Waals surface area contributed by atoms with E-state index in [0.717, 1.165) is 0 Å². The van der Waals surface area contributed by atoms with Crippen LogP contribution in [0.2, 0.25) is 0 Å². The van der Waals surface area contributed by atoms with Gasteiger partial charge in [-0.25, -0.2) is 0 Å². The molecule has 1 unspecified atom stereocenters. The van der Waals surface area contributed by atoms with Gasteiger partial charge in [0.2, 0.25) is 11.8 Å². The lowest BCUT2D eigenvalue weighted by molar-refractivity contribution is -0.135. The third-order valence-electron chi connectivity index (χ3n) is 2.35. The monoisotopic (exact) mass is 264 g/mol. The lowest BCUT2D eigenvalue weighted by Gasteiger charge is -2.29. The van der Waals surface area contributed by atoms with Crippen LogP contribution in [0.5, 0.6) is 0 Å². The average Bonchev–Trinajstić information content (AvgIpc) is 2.25. The smallest absolute Gasteiger partial charge is 0.246 e. The first-order chi connectivity index (χ1) is 7.54. The number of carbonyl (C=O) groups is 2. The molecule has 0 aromatic carbocycles. The minimum Gasteiger partial charge on any atom is -0.344 e. The van der Waals surface area contributed by atoms with Crippen molar-refractivity contribution in [1.29, 1.82) is 0 Å². The van der Waals surface area contributed by atoms with Crippen molar-refractivity contribution >= 4 is 35.2 Å². The second-order valence-corrected chi connectivity index (χ2v) is 5.67. The lowest BCUT2D eigenvalue weighted by Crippen LogP contribution is -2.52. The van der Waals surface area contributed by atoms with E-state index in [2.05, 4.69) is 17.9 Å². The van der Waals surface area contributed by atoms with Crippen molar-refractivity contribution in [2.45, 2.75) is 13.0 Å². The Labute approximate surface area is 103 Å². The molecule has 1 saturated heterocycles. The van der Waals surface area contributed by atoms with Crippen molar-refractivity contribution in [3.05, 3.63) is 0 Å². The van der Waals surface area contributed by atoms with Crippen molar-refractivity contribution < 1.29 is 13.8 Å². The Bertz CT molecular complexity index is 299. The van der Waals surface area contributed by atoms with Crippen molar-refractivity contribution in [2.75, 3.05) is 30.3 Å². The molecule has 5 nitrogen and oxygen atoms in total. The molecule has 0 aliphatic carbocycles. The number of nitrogens with zero attached hydrogens (tertiary/aromatic N) is 1. The Morgan fingerprint density at radius 1 is 1.44 bits per heavy atom. The fourth-order valence-corrected chi connectivity index (χ4v) is 2.81. The standard InChI is InChI=1S/C9H16N2O3S2/c1-7(12)10-8(6-15)9(13)11-2-4-16(14)5-3-11/h8,15H,2-6H2,1H3,(H,10,12). The lowest BCUT2D eigenvalue weighted by atomic mass is 10.2. The van der Waals surface area contributed by atoms with Crippen LogP contribution in [0.25, 0.3) is 0 Å². The van der Waals surface area contributed by atoms with Crippen LogP contribution in [-0.2, 0) is 20.4 Å². The molecule has 0 spiro atoms. The molecule has 1 aliphatic rings. The maximum atomic E-state index is 11.9. The summed E-state index contributed by atoms with van der Waals surface area (Å²) in [6.07, 6.45) is 0. The van der Waals surface area contributed by atoms with Gasteiger partial charge in [-0.05, 0) is 0 Å². The van der Waals surface area contributed by atoms with Crippen molar-refractivity contribution in [1.82, 2.24) is 10.2 Å². The normalized spacial score (nSPS) is 19.2. The number of nitrogens with one attached hydrogen (secondary N) is 1. The van der Waals surface area contributed by atoms with Crippen LogP contribution in [0.15, 0.2) is 0 Å². The van der Waals surface area contributed by atoms with Crippen molar-refractivity contribution in [3.63, 3.8) is 0 Å². The van der Waals surface area contributed by atoms with E-state index in [0.29, 0.717) is 24.6 Å². The number of hydrogen-bond acceptors (Lipinski definition) is 4. The molecule has 2 amide bonds. The van der Waals surface area contributed by atoms with E-state index in [9.17, 15) is 13.8 Å². The highest BCUT2D eigenvalue weighted by molar-refractivity contribution is 7.85. The van der Waals surface area contributed by atoms with Crippen LogP contribution in [0.4, 0.5) is 0 Å². The fourth-order valence-electron chi connectivity index (χ4n) is 1.51. The van der Waals surface area contributed by atoms with Crippen LogP contribution in [0, 0.1) is 0 Å². The van der Waals surface area contributed by atoms with Gasteiger partial charge < -0.3 is 10.2 Å². The molecule has 16 heavy (non-hydrogen) atoms. The van der Waals surface area contributed by atoms with Crippen LogP contribution in [0.3, 0.4) is 0 Å². The Balaban J connectivity index is 2.54. The first-order valence-corrected chi connectivity index (χ1v) is 7.18. The van der Waals surface area contributed by atoms with Crippen LogP contribution in [-0.4, -0.2) is 57.3 Å². The third-order valence-corrected chi connectivity index (χ3v) is 3.99. The molecular weight excluding hydrogens is 248 g/mol. The molecule has 1 fully saturated rings. The maximum absolute atomic E-state index is 11.9. The number of hydrogen-bond donors (Lipinski definition) is 2. The van der Waals surface area contributed by atoms with Crippen LogP contribution < -0.4 is 5.32 Å². The van der Waals surface area contributed by atoms with Crippen LogP contribution >= 0.6 is 12.6 Å². The summed E-state index contributed by atoms with van der Waals surface area (Å²) in [5.41, 5.74) is 0. The van der Waals surface area contributed by atoms with Gasteiger partial charge in [-0.2, -0.15) is 12.6 Å². The van der Waals surface area contributed by atoms with Gasteiger partial charge in [0.15, 0.2) is 0 Å². The van der Waals surface area contributed by atoms with Gasteiger partial charge in [0, 0.05) is 48.1 Å². The van der Waals surface area contributed by atoms with Gasteiger partial charge in [0.25, 0.3) is 0 Å². The first-order valence-electron chi connectivity index (χ1n) is 5.06. The molecule has 1 aliphatic heterocycles. The predicted molar refractivity (Wildman–Crippen MR) is 65.9 cm³/mol. The third kappa shape index (κ3) is 3.79. The summed E-state index contributed by atoms with van der Waals surface area (Å²) in [7, 11) is -0.804. The molecular formula is C9H16N2O3S2. The highest BCUT2D eigenvalue weighted by Crippen LogP contribution is 2.04. The Morgan fingerprint density at radius 3 is 2.44 bits per heavy atom. The zero-order valence-corrected chi connectivity index (χ0v) is 10.9. The predicted octanol–water partition coefficient (Wildman–Crippen LogP) is -0.988. The van der Waals surface area contributed by atoms with Crippen LogP contribution in [0.1, 0.15) is 6.92 Å². The van der Waals surface area contributed by atoms with E-state index >= 15 is 0 Å². The van der Waals surface area contributed by atoms with Gasteiger partial charge in [-0.1, -0.05) is 0 Å². The molecule has 92 valence electrons. The Hall–Kier alpha value is -0.560. The number of amides is 2. The molecule has 1 atom stereocenters. The SMILES string of the molecule is CC(=O)NC(CS)C(=O)N1CCS(=O)CC1. The minimum atomic E-state index is -0.804. The minimum absolute atomic E-state index is 0.137. The summed E-state index contributed by atoms with van der Waals surface area (Å²) in [5, 5.41) is 2.56. The number of thiol groups is 1. The van der Waals surface area contributed by atoms with E-state index in [1.54, 1.807) is 4.90 Å². The maximum Gasteiger partial charge on any atom is 0.246 e. The topological polar surface area (TPSA) is 66.5 Å². The summed E-state index contributed by atoms with van der Waals surface area (Å²) in [6.45, 7) is 2.36. The van der Waals surface area contributed by atoms with Crippen molar-refractivity contribution in [2.24, 2.45) is 0 Å². The molecule has 1 heterocycles. The highest BCUT2D eigenvalue weighted by Gasteiger charge is 2.26. The second kappa shape index (κ2) is 6.24. The largest absolute Gasteiger partial charge is 0.344 e. The van der Waals surface area contributed by atoms with E-state index in [-0.39, 0.29) is 17.6 Å². The van der Waals surface area contributed by atoms with Gasteiger partial charge >= 0.3 is 0 Å². The van der Waals surface area contributed by atoms with Gasteiger partial charge in [0.1, 0.15) is 6.04 Å². The van der Waals surface area contributed by atoms with Crippen molar-refractivity contribution in [3.8, 4) is 0 Å². The molecule has 7 heteroatoms. The van der Waals surface area contributed by atoms with Gasteiger partial charge in [-0.15, -0.1) is 0 Å². The Morgan fingerprint density at radius 2 is 2.00 bits per heavy atom.